The summed E-state index contributed by atoms with van der Waals surface area (Å²) in [6, 6.07) is 14.1. The highest BCUT2D eigenvalue weighted by atomic mass is 35.5. The van der Waals surface area contributed by atoms with E-state index in [1.165, 1.54) is 6.07 Å². The van der Waals surface area contributed by atoms with Crippen LogP contribution in [0.25, 0.3) is 0 Å². The number of benzene rings is 2. The molecule has 0 bridgehead atoms. The van der Waals surface area contributed by atoms with Crippen LogP contribution >= 0.6 is 11.6 Å². The lowest BCUT2D eigenvalue weighted by molar-refractivity contribution is -0.384. The van der Waals surface area contributed by atoms with Crippen molar-refractivity contribution in [3.05, 3.63) is 69.2 Å². The lowest BCUT2D eigenvalue weighted by Gasteiger charge is -2.23. The quantitative estimate of drug-likeness (QED) is 0.657. The Kier molecular flexibility index (Phi) is 5.14. The van der Waals surface area contributed by atoms with Crippen molar-refractivity contribution in [3.8, 4) is 0 Å². The molecule has 1 N–H and O–H groups in total. The van der Waals surface area contributed by atoms with Gasteiger partial charge in [0.05, 0.1) is 11.5 Å². The van der Waals surface area contributed by atoms with Gasteiger partial charge in [0.15, 0.2) is 0 Å². The zero-order valence-electron chi connectivity index (χ0n) is 11.3. The Morgan fingerprint density at radius 1 is 1.19 bits per heavy atom. The van der Waals surface area contributed by atoms with Gasteiger partial charge < -0.3 is 10.0 Å². The summed E-state index contributed by atoms with van der Waals surface area (Å²) in [7, 11) is 0. The fraction of sp³-hybridized carbons (Fsp3) is 0.200. The first-order valence-electron chi connectivity index (χ1n) is 6.45. The molecule has 5 nitrogen and oxygen atoms in total. The van der Waals surface area contributed by atoms with Crippen molar-refractivity contribution in [1.29, 1.82) is 0 Å². The summed E-state index contributed by atoms with van der Waals surface area (Å²) in [6.45, 7) is 0.688. The maximum Gasteiger partial charge on any atom is 0.294 e. The molecule has 2 aromatic carbocycles. The number of halogens is 1. The number of anilines is 1. The Morgan fingerprint density at radius 3 is 2.52 bits per heavy atom. The van der Waals surface area contributed by atoms with E-state index in [1.807, 2.05) is 30.3 Å². The number of aliphatic hydroxyl groups is 1. The van der Waals surface area contributed by atoms with Crippen molar-refractivity contribution in [3.63, 3.8) is 0 Å². The summed E-state index contributed by atoms with van der Waals surface area (Å²) in [6.07, 6.45) is 0. The van der Waals surface area contributed by atoms with E-state index < -0.39 is 4.92 Å². The highest BCUT2D eigenvalue weighted by Gasteiger charge is 2.19. The van der Waals surface area contributed by atoms with Gasteiger partial charge >= 0.3 is 0 Å². The highest BCUT2D eigenvalue weighted by Crippen LogP contribution is 2.31. The third-order valence-electron chi connectivity index (χ3n) is 3.06. The number of nitro groups is 1. The average Bonchev–Trinajstić information content (AvgIpc) is 2.48. The van der Waals surface area contributed by atoms with Crippen molar-refractivity contribution in [2.75, 3.05) is 18.1 Å². The Bertz CT molecular complexity index is 620. The van der Waals surface area contributed by atoms with Gasteiger partial charge in [-0.05, 0) is 17.7 Å². The Morgan fingerprint density at radius 2 is 1.90 bits per heavy atom. The molecule has 6 heteroatoms. The molecule has 0 spiro atoms. The summed E-state index contributed by atoms with van der Waals surface area (Å²) in [5, 5.41) is 20.7. The topological polar surface area (TPSA) is 66.6 Å². The van der Waals surface area contributed by atoms with Gasteiger partial charge in [-0.3, -0.25) is 10.1 Å². The molecule has 0 aliphatic rings. The van der Waals surface area contributed by atoms with E-state index >= 15 is 0 Å². The summed E-state index contributed by atoms with van der Waals surface area (Å²) < 4.78 is 0. The van der Waals surface area contributed by atoms with Gasteiger partial charge in [-0.15, -0.1) is 0 Å². The molecule has 2 aromatic rings. The minimum atomic E-state index is -0.462. The largest absolute Gasteiger partial charge is 0.395 e. The highest BCUT2D eigenvalue weighted by molar-refractivity contribution is 6.30. The zero-order chi connectivity index (χ0) is 15.2. The molecule has 0 heterocycles. The standard InChI is InChI=1S/C15H15ClN2O3/c16-13-6-7-14(15(10-13)18(20)21)17(8-9-19)11-12-4-2-1-3-5-12/h1-7,10,19H,8-9,11H2. The smallest absolute Gasteiger partial charge is 0.294 e. The van der Waals surface area contributed by atoms with E-state index in [-0.39, 0.29) is 12.3 Å². The molecule has 0 fully saturated rings. The van der Waals surface area contributed by atoms with Crippen LogP contribution < -0.4 is 4.90 Å². The van der Waals surface area contributed by atoms with Gasteiger partial charge in [-0.2, -0.15) is 0 Å². The maximum absolute atomic E-state index is 11.2. The molecule has 0 aromatic heterocycles. The molecule has 0 amide bonds. The first kappa shape index (κ1) is 15.3. The van der Waals surface area contributed by atoms with Crippen molar-refractivity contribution in [1.82, 2.24) is 0 Å². The predicted octanol–water partition coefficient (Wildman–Crippen LogP) is 3.25. The van der Waals surface area contributed by atoms with Crippen LogP contribution in [0.15, 0.2) is 48.5 Å². The van der Waals surface area contributed by atoms with E-state index in [9.17, 15) is 15.2 Å². The number of nitro benzene ring substituents is 1. The minimum absolute atomic E-state index is 0.0631. The number of hydrogen-bond acceptors (Lipinski definition) is 4. The monoisotopic (exact) mass is 306 g/mol. The van der Waals surface area contributed by atoms with Crippen molar-refractivity contribution in [2.24, 2.45) is 0 Å². The third kappa shape index (κ3) is 3.93. The molecule has 0 unspecified atom stereocenters. The van der Waals surface area contributed by atoms with Crippen LogP contribution in [0, 0.1) is 10.1 Å². The fourth-order valence-electron chi connectivity index (χ4n) is 2.12. The van der Waals surface area contributed by atoms with Crippen LogP contribution in [0.1, 0.15) is 5.56 Å². The molecular weight excluding hydrogens is 292 g/mol. The van der Waals surface area contributed by atoms with E-state index in [4.69, 9.17) is 11.6 Å². The van der Waals surface area contributed by atoms with Crippen LogP contribution in [0.4, 0.5) is 11.4 Å². The van der Waals surface area contributed by atoms with Gasteiger partial charge in [0.1, 0.15) is 5.69 Å². The van der Waals surface area contributed by atoms with Gasteiger partial charge in [-0.1, -0.05) is 41.9 Å². The molecular formula is C15H15ClN2O3. The number of aliphatic hydroxyl groups excluding tert-OH is 1. The molecule has 0 saturated heterocycles. The SMILES string of the molecule is O=[N+]([O-])c1cc(Cl)ccc1N(CCO)Cc1ccccc1. The van der Waals surface area contributed by atoms with Crippen LogP contribution in [0.2, 0.25) is 5.02 Å². The maximum atomic E-state index is 11.2. The van der Waals surface area contributed by atoms with Gasteiger partial charge in [0.2, 0.25) is 0 Å². The third-order valence-corrected chi connectivity index (χ3v) is 3.30. The Labute approximate surface area is 127 Å². The summed E-state index contributed by atoms with van der Waals surface area (Å²) in [4.78, 5) is 12.5. The van der Waals surface area contributed by atoms with Crippen LogP contribution in [0.5, 0.6) is 0 Å². The Balaban J connectivity index is 2.36. The molecule has 0 aliphatic carbocycles. The van der Waals surface area contributed by atoms with Crippen molar-refractivity contribution < 1.29 is 10.0 Å². The molecule has 0 saturated carbocycles. The lowest BCUT2D eigenvalue weighted by Crippen LogP contribution is -2.26. The van der Waals surface area contributed by atoms with Gasteiger partial charge in [-0.25, -0.2) is 0 Å². The van der Waals surface area contributed by atoms with Gasteiger partial charge in [0, 0.05) is 24.2 Å². The Hall–Kier alpha value is -2.11. The second kappa shape index (κ2) is 7.06. The van der Waals surface area contributed by atoms with Gasteiger partial charge in [0.25, 0.3) is 5.69 Å². The molecule has 0 atom stereocenters. The average molecular weight is 307 g/mol. The molecule has 0 radical (unpaired) electrons. The van der Waals surface area contributed by atoms with Crippen molar-refractivity contribution in [2.45, 2.75) is 6.54 Å². The number of hydrogen-bond donors (Lipinski definition) is 1. The van der Waals surface area contributed by atoms with E-state index in [1.54, 1.807) is 17.0 Å². The number of nitrogens with zero attached hydrogens (tertiary/aromatic N) is 2. The van der Waals surface area contributed by atoms with E-state index in [0.29, 0.717) is 23.8 Å². The summed E-state index contributed by atoms with van der Waals surface area (Å²) in [5.41, 5.74) is 1.39. The van der Waals surface area contributed by atoms with E-state index in [2.05, 4.69) is 0 Å². The molecule has 0 aliphatic heterocycles. The van der Waals surface area contributed by atoms with Crippen LogP contribution in [-0.4, -0.2) is 23.2 Å². The first-order chi connectivity index (χ1) is 10.1. The van der Waals surface area contributed by atoms with Crippen LogP contribution in [0.3, 0.4) is 0 Å². The summed E-state index contributed by atoms with van der Waals surface area (Å²) >= 11 is 5.83. The molecule has 21 heavy (non-hydrogen) atoms. The zero-order valence-corrected chi connectivity index (χ0v) is 12.0. The second-order valence-electron chi connectivity index (χ2n) is 4.52. The predicted molar refractivity (Wildman–Crippen MR) is 82.7 cm³/mol. The lowest BCUT2D eigenvalue weighted by atomic mass is 10.2. The molecule has 110 valence electrons. The fourth-order valence-corrected chi connectivity index (χ4v) is 2.29. The number of rotatable bonds is 6. The van der Waals surface area contributed by atoms with Crippen molar-refractivity contribution >= 4 is 23.0 Å². The first-order valence-corrected chi connectivity index (χ1v) is 6.83. The minimum Gasteiger partial charge on any atom is -0.395 e. The second-order valence-corrected chi connectivity index (χ2v) is 4.96. The molecule has 2 rings (SSSR count). The normalized spacial score (nSPS) is 10.4. The van der Waals surface area contributed by atoms with E-state index in [0.717, 1.165) is 5.56 Å². The summed E-state index contributed by atoms with van der Waals surface area (Å²) in [5.74, 6) is 0. The van der Waals surface area contributed by atoms with Crippen LogP contribution in [-0.2, 0) is 6.54 Å².